The molecule has 0 aliphatic rings. The van der Waals surface area contributed by atoms with Gasteiger partial charge in [0.1, 0.15) is 18.1 Å². The molecule has 0 unspecified atom stereocenters. The van der Waals surface area contributed by atoms with E-state index in [4.69, 9.17) is 4.74 Å². The SMILES string of the molecule is CSc1ccc(Nc2nc(COCC(C)C)nc3nc(-c4ncccc4C(F)(F)F)ccc23)cc1. The van der Waals surface area contributed by atoms with Crippen LogP contribution in [-0.2, 0) is 17.5 Å². The maximum Gasteiger partial charge on any atom is 0.418 e. The van der Waals surface area contributed by atoms with Gasteiger partial charge in [-0.25, -0.2) is 15.0 Å². The van der Waals surface area contributed by atoms with Gasteiger partial charge < -0.3 is 10.1 Å². The van der Waals surface area contributed by atoms with Crippen LogP contribution in [-0.4, -0.2) is 32.8 Å². The monoisotopic (exact) mass is 499 g/mol. The lowest BCUT2D eigenvalue weighted by Gasteiger charge is -2.14. The van der Waals surface area contributed by atoms with E-state index < -0.39 is 11.7 Å². The van der Waals surface area contributed by atoms with Crippen LogP contribution in [0.4, 0.5) is 24.7 Å². The number of hydrogen-bond donors (Lipinski definition) is 1. The molecule has 0 radical (unpaired) electrons. The van der Waals surface area contributed by atoms with E-state index in [9.17, 15) is 13.2 Å². The third kappa shape index (κ3) is 6.07. The molecule has 0 amide bonds. The summed E-state index contributed by atoms with van der Waals surface area (Å²) in [6.45, 7) is 4.74. The minimum absolute atomic E-state index is 0.0773. The van der Waals surface area contributed by atoms with E-state index in [0.29, 0.717) is 29.6 Å². The van der Waals surface area contributed by atoms with E-state index in [2.05, 4.69) is 25.3 Å². The molecule has 1 N–H and O–H groups in total. The van der Waals surface area contributed by atoms with E-state index in [-0.39, 0.29) is 23.6 Å². The molecule has 182 valence electrons. The lowest BCUT2D eigenvalue weighted by Crippen LogP contribution is -2.10. The van der Waals surface area contributed by atoms with Crippen LogP contribution in [0.3, 0.4) is 0 Å². The van der Waals surface area contributed by atoms with Crippen LogP contribution >= 0.6 is 11.8 Å². The summed E-state index contributed by atoms with van der Waals surface area (Å²) in [5.41, 5.74) is 0.0371. The molecule has 0 spiro atoms. The van der Waals surface area contributed by atoms with Crippen molar-refractivity contribution in [2.45, 2.75) is 31.5 Å². The van der Waals surface area contributed by atoms with Gasteiger partial charge in [-0.1, -0.05) is 13.8 Å². The quantitative estimate of drug-likeness (QED) is 0.269. The highest BCUT2D eigenvalue weighted by atomic mass is 32.2. The van der Waals surface area contributed by atoms with Crippen molar-refractivity contribution in [1.82, 2.24) is 19.9 Å². The number of nitrogens with one attached hydrogen (secondary N) is 1. The van der Waals surface area contributed by atoms with Crippen molar-refractivity contribution in [2.24, 2.45) is 5.92 Å². The average molecular weight is 500 g/mol. The van der Waals surface area contributed by atoms with Gasteiger partial charge >= 0.3 is 6.18 Å². The summed E-state index contributed by atoms with van der Waals surface area (Å²) in [4.78, 5) is 18.6. The number of benzene rings is 1. The molecule has 3 heterocycles. The fraction of sp³-hybridized carbons (Fsp3) is 0.280. The van der Waals surface area contributed by atoms with Crippen LogP contribution < -0.4 is 5.32 Å². The van der Waals surface area contributed by atoms with E-state index in [1.54, 1.807) is 17.8 Å². The molecule has 0 atom stereocenters. The maximum atomic E-state index is 13.6. The summed E-state index contributed by atoms with van der Waals surface area (Å²) in [7, 11) is 0. The van der Waals surface area contributed by atoms with Crippen molar-refractivity contribution < 1.29 is 17.9 Å². The van der Waals surface area contributed by atoms with Crippen molar-refractivity contribution in [2.75, 3.05) is 18.2 Å². The zero-order chi connectivity index (χ0) is 25.0. The van der Waals surface area contributed by atoms with Gasteiger partial charge in [-0.2, -0.15) is 13.2 Å². The fourth-order valence-electron chi connectivity index (χ4n) is 3.38. The predicted molar refractivity (Wildman–Crippen MR) is 132 cm³/mol. The molecule has 10 heteroatoms. The number of nitrogens with zero attached hydrogens (tertiary/aromatic N) is 4. The van der Waals surface area contributed by atoms with Gasteiger partial charge in [0.2, 0.25) is 0 Å². The van der Waals surface area contributed by atoms with E-state index in [1.807, 2.05) is 44.4 Å². The molecule has 0 saturated heterocycles. The van der Waals surface area contributed by atoms with Crippen molar-refractivity contribution in [3.05, 3.63) is 66.1 Å². The lowest BCUT2D eigenvalue weighted by molar-refractivity contribution is -0.137. The zero-order valence-corrected chi connectivity index (χ0v) is 20.2. The topological polar surface area (TPSA) is 72.8 Å². The van der Waals surface area contributed by atoms with Gasteiger partial charge in [0.15, 0.2) is 11.5 Å². The van der Waals surface area contributed by atoms with Crippen LogP contribution in [0.1, 0.15) is 25.2 Å². The first kappa shape index (κ1) is 24.9. The third-order valence-corrected chi connectivity index (χ3v) is 5.74. The summed E-state index contributed by atoms with van der Waals surface area (Å²) in [6, 6.07) is 13.2. The molecule has 0 aliphatic carbocycles. The van der Waals surface area contributed by atoms with Crippen LogP contribution in [0.5, 0.6) is 0 Å². The Morgan fingerprint density at radius 2 is 1.77 bits per heavy atom. The molecular formula is C25H24F3N5OS. The molecule has 0 bridgehead atoms. The summed E-state index contributed by atoms with van der Waals surface area (Å²) in [5.74, 6) is 1.20. The zero-order valence-electron chi connectivity index (χ0n) is 19.4. The molecule has 3 aromatic heterocycles. The Bertz CT molecular complexity index is 1310. The minimum atomic E-state index is -4.56. The first-order valence-electron chi connectivity index (χ1n) is 10.9. The third-order valence-electron chi connectivity index (χ3n) is 5.00. The molecule has 4 rings (SSSR count). The Hall–Kier alpha value is -3.24. The highest BCUT2D eigenvalue weighted by molar-refractivity contribution is 7.98. The van der Waals surface area contributed by atoms with Gasteiger partial charge in [0, 0.05) is 23.4 Å². The Balaban J connectivity index is 1.78. The molecule has 0 aliphatic heterocycles. The molecular weight excluding hydrogens is 475 g/mol. The minimum Gasteiger partial charge on any atom is -0.373 e. The second kappa shape index (κ2) is 10.6. The Labute approximate surface area is 205 Å². The molecule has 0 fully saturated rings. The fourth-order valence-corrected chi connectivity index (χ4v) is 3.79. The Morgan fingerprint density at radius 3 is 2.46 bits per heavy atom. The number of aromatic nitrogens is 4. The van der Waals surface area contributed by atoms with Crippen molar-refractivity contribution in [3.63, 3.8) is 0 Å². The first-order chi connectivity index (χ1) is 16.7. The van der Waals surface area contributed by atoms with Crippen molar-refractivity contribution in [3.8, 4) is 11.4 Å². The number of fused-ring (bicyclic) bond motifs is 1. The number of rotatable bonds is 8. The number of halogens is 3. The summed E-state index contributed by atoms with van der Waals surface area (Å²) in [6.07, 6.45) is -1.25. The van der Waals surface area contributed by atoms with Crippen molar-refractivity contribution in [1.29, 1.82) is 0 Å². The van der Waals surface area contributed by atoms with Gasteiger partial charge in [-0.15, -0.1) is 11.8 Å². The predicted octanol–water partition coefficient (Wildman–Crippen LogP) is 6.74. The highest BCUT2D eigenvalue weighted by Crippen LogP contribution is 2.36. The first-order valence-corrected chi connectivity index (χ1v) is 12.2. The Morgan fingerprint density at radius 1 is 1.00 bits per heavy atom. The summed E-state index contributed by atoms with van der Waals surface area (Å²) >= 11 is 1.64. The molecule has 4 aromatic rings. The highest BCUT2D eigenvalue weighted by Gasteiger charge is 2.34. The maximum absolute atomic E-state index is 13.6. The van der Waals surface area contributed by atoms with Crippen LogP contribution in [0.25, 0.3) is 22.4 Å². The Kier molecular flexibility index (Phi) is 7.51. The second-order valence-electron chi connectivity index (χ2n) is 8.22. The van der Waals surface area contributed by atoms with E-state index in [0.717, 1.165) is 16.6 Å². The number of thioether (sulfide) groups is 1. The average Bonchev–Trinajstić information content (AvgIpc) is 2.83. The molecule has 35 heavy (non-hydrogen) atoms. The largest absolute Gasteiger partial charge is 0.418 e. The standard InChI is InChI=1S/C25H24F3N5OS/c1-15(2)13-34-14-21-32-23(30-16-6-8-17(35-3)9-7-16)18-10-11-20(31-24(18)33-21)22-19(25(26,27)28)5-4-12-29-22/h4-12,15H,13-14H2,1-3H3,(H,30,31,32,33). The van der Waals surface area contributed by atoms with E-state index >= 15 is 0 Å². The summed E-state index contributed by atoms with van der Waals surface area (Å²) < 4.78 is 46.4. The van der Waals surface area contributed by atoms with Gasteiger partial charge in [0.05, 0.1) is 16.6 Å². The second-order valence-corrected chi connectivity index (χ2v) is 9.10. The number of alkyl halides is 3. The number of anilines is 2. The van der Waals surface area contributed by atoms with Gasteiger partial charge in [0.25, 0.3) is 0 Å². The van der Waals surface area contributed by atoms with Crippen molar-refractivity contribution >= 4 is 34.3 Å². The number of hydrogen-bond acceptors (Lipinski definition) is 7. The van der Waals surface area contributed by atoms with Gasteiger partial charge in [-0.05, 0) is 60.7 Å². The molecule has 0 saturated carbocycles. The lowest BCUT2D eigenvalue weighted by atomic mass is 10.1. The number of pyridine rings is 2. The van der Waals surface area contributed by atoms with Crippen LogP contribution in [0.2, 0.25) is 0 Å². The van der Waals surface area contributed by atoms with Crippen LogP contribution in [0.15, 0.2) is 59.6 Å². The smallest absolute Gasteiger partial charge is 0.373 e. The molecule has 1 aromatic carbocycles. The normalized spacial score (nSPS) is 11.9. The number of ether oxygens (including phenoxy) is 1. The van der Waals surface area contributed by atoms with E-state index in [1.165, 1.54) is 18.3 Å². The van der Waals surface area contributed by atoms with Crippen LogP contribution in [0, 0.1) is 5.92 Å². The summed E-state index contributed by atoms with van der Waals surface area (Å²) in [5, 5.41) is 3.85. The van der Waals surface area contributed by atoms with Gasteiger partial charge in [-0.3, -0.25) is 4.98 Å². The molecule has 6 nitrogen and oxygen atoms in total.